The van der Waals surface area contributed by atoms with E-state index in [4.69, 9.17) is 4.74 Å². The van der Waals surface area contributed by atoms with Crippen molar-refractivity contribution in [3.05, 3.63) is 52.1 Å². The molecule has 0 amide bonds. The Labute approximate surface area is 231 Å². The molecule has 5 aliphatic rings. The first-order valence-corrected chi connectivity index (χ1v) is 13.3. The molecule has 3 aliphatic carbocycles. The van der Waals surface area contributed by atoms with E-state index >= 15 is 0 Å². The van der Waals surface area contributed by atoms with Crippen LogP contribution in [-0.2, 0) is 12.8 Å². The minimum atomic E-state index is 0. The van der Waals surface area contributed by atoms with E-state index in [-0.39, 0.29) is 40.9 Å². The van der Waals surface area contributed by atoms with E-state index in [2.05, 4.69) is 29.3 Å². The van der Waals surface area contributed by atoms with Crippen molar-refractivity contribution in [1.29, 1.82) is 0 Å². The van der Waals surface area contributed by atoms with E-state index in [9.17, 15) is 10.2 Å². The number of hydrogen-bond donors (Lipinski definition) is 3. The molecule has 198 valence electrons. The zero-order chi connectivity index (χ0) is 23.4. The maximum absolute atomic E-state index is 9.99. The smallest absolute Gasteiger partial charge is 0.160 e. The summed E-state index contributed by atoms with van der Waals surface area (Å²) in [6.07, 6.45) is 9.69. The second-order valence-electron chi connectivity index (χ2n) is 10.9. The monoisotopic (exact) mass is 578 g/mol. The number of methoxy groups -OCH3 is 1. The third kappa shape index (κ3) is 4.75. The quantitative estimate of drug-likeness (QED) is 0.395. The summed E-state index contributed by atoms with van der Waals surface area (Å²) in [6.45, 7) is 4.52. The van der Waals surface area contributed by atoms with Gasteiger partial charge in [0.1, 0.15) is 5.75 Å². The Morgan fingerprint density at radius 3 is 2.36 bits per heavy atom. The van der Waals surface area contributed by atoms with Gasteiger partial charge in [0.15, 0.2) is 11.5 Å². The average molecular weight is 580 g/mol. The zero-order valence-electron chi connectivity index (χ0n) is 21.3. The van der Waals surface area contributed by atoms with Crippen molar-refractivity contribution in [2.75, 3.05) is 20.2 Å². The topological polar surface area (TPSA) is 65.0 Å². The number of ether oxygens (including phenoxy) is 1. The number of phenolic OH excluding ortho intramolecular Hbond substituents is 2. The Morgan fingerprint density at radius 1 is 0.889 bits per heavy atom. The second kappa shape index (κ2) is 11.1. The number of fused-ring (bicyclic) bond motifs is 6. The lowest BCUT2D eigenvalue weighted by molar-refractivity contribution is 0.216. The Balaban J connectivity index is 0.000000161. The summed E-state index contributed by atoms with van der Waals surface area (Å²) in [4.78, 5) is 2.69. The number of nitrogens with one attached hydrogen (secondary N) is 1. The number of rotatable bonds is 2. The molecule has 1 saturated carbocycles. The first-order chi connectivity index (χ1) is 16.6. The van der Waals surface area contributed by atoms with Gasteiger partial charge in [-0.1, -0.05) is 18.2 Å². The van der Waals surface area contributed by atoms with Gasteiger partial charge in [0.2, 0.25) is 0 Å². The number of aryl methyl sites for hydroxylation is 1. The van der Waals surface area contributed by atoms with E-state index in [1.165, 1.54) is 67.4 Å². The lowest BCUT2D eigenvalue weighted by Crippen LogP contribution is -2.36. The van der Waals surface area contributed by atoms with Gasteiger partial charge in [-0.2, -0.15) is 0 Å². The fourth-order valence-electron chi connectivity index (χ4n) is 7.40. The Hall–Kier alpha value is -1.47. The van der Waals surface area contributed by atoms with E-state index < -0.39 is 0 Å². The average Bonchev–Trinajstić information content (AvgIpc) is 3.40. The number of phenols is 2. The third-order valence-electron chi connectivity index (χ3n) is 9.14. The minimum absolute atomic E-state index is 0. The molecule has 5 nitrogen and oxygen atoms in total. The SMILES string of the molecule is Br.COc1c(C)ccc2c1CC[C@@H]1NCC[C@@H]21.Cl.Oc1ccc2c(c1O)CC[C@H]1[C@H]2CCN1C1CC1. The zero-order valence-corrected chi connectivity index (χ0v) is 23.9. The van der Waals surface area contributed by atoms with Crippen molar-refractivity contribution in [3.63, 3.8) is 0 Å². The van der Waals surface area contributed by atoms with Crippen LogP contribution in [0.3, 0.4) is 0 Å². The molecular formula is C29H40BrClN2O3. The number of likely N-dealkylation sites (tertiary alicyclic amines) is 1. The van der Waals surface area contributed by atoms with Gasteiger partial charge in [-0.05, 0) is 99.7 Å². The van der Waals surface area contributed by atoms with Crippen LogP contribution in [0.1, 0.15) is 78.2 Å². The third-order valence-corrected chi connectivity index (χ3v) is 9.14. The highest BCUT2D eigenvalue weighted by atomic mass is 79.9. The summed E-state index contributed by atoms with van der Waals surface area (Å²) in [6, 6.07) is 10.4. The molecule has 7 rings (SSSR count). The highest BCUT2D eigenvalue weighted by Gasteiger charge is 2.45. The maximum atomic E-state index is 9.99. The van der Waals surface area contributed by atoms with Crippen LogP contribution in [0.25, 0.3) is 0 Å². The Bertz CT molecular complexity index is 1090. The largest absolute Gasteiger partial charge is 0.504 e. The summed E-state index contributed by atoms with van der Waals surface area (Å²) < 4.78 is 5.57. The minimum Gasteiger partial charge on any atom is -0.504 e. The van der Waals surface area contributed by atoms with Crippen molar-refractivity contribution in [2.45, 2.75) is 88.3 Å². The van der Waals surface area contributed by atoms with Crippen molar-refractivity contribution in [1.82, 2.24) is 10.2 Å². The van der Waals surface area contributed by atoms with Crippen LogP contribution in [0.2, 0.25) is 0 Å². The first-order valence-electron chi connectivity index (χ1n) is 13.3. The molecule has 3 N–H and O–H groups in total. The van der Waals surface area contributed by atoms with Crippen LogP contribution >= 0.6 is 29.4 Å². The Kier molecular flexibility index (Phi) is 8.50. The van der Waals surface area contributed by atoms with Crippen LogP contribution in [0.5, 0.6) is 17.2 Å². The highest BCUT2D eigenvalue weighted by Crippen LogP contribution is 2.49. The number of benzene rings is 2. The van der Waals surface area contributed by atoms with Crippen molar-refractivity contribution < 1.29 is 14.9 Å². The molecule has 3 fully saturated rings. The van der Waals surface area contributed by atoms with Gasteiger partial charge >= 0.3 is 0 Å². The van der Waals surface area contributed by atoms with Crippen molar-refractivity contribution in [3.8, 4) is 17.2 Å². The lowest BCUT2D eigenvalue weighted by atomic mass is 9.79. The normalized spacial score (nSPS) is 27.7. The molecule has 2 aliphatic heterocycles. The molecule has 0 unspecified atom stereocenters. The van der Waals surface area contributed by atoms with Gasteiger partial charge in [0.25, 0.3) is 0 Å². The van der Waals surface area contributed by atoms with Crippen LogP contribution in [0.4, 0.5) is 0 Å². The number of hydrogen-bond acceptors (Lipinski definition) is 5. The first kappa shape index (κ1) is 27.6. The molecule has 2 saturated heterocycles. The molecule has 0 aromatic heterocycles. The van der Waals surface area contributed by atoms with Gasteiger partial charge in [-0.25, -0.2) is 0 Å². The predicted octanol–water partition coefficient (Wildman–Crippen LogP) is 5.76. The van der Waals surface area contributed by atoms with Crippen LogP contribution in [0, 0.1) is 6.92 Å². The van der Waals surface area contributed by atoms with E-state index in [0.29, 0.717) is 18.0 Å². The highest BCUT2D eigenvalue weighted by molar-refractivity contribution is 8.93. The molecule has 7 heteroatoms. The molecule has 2 heterocycles. The predicted molar refractivity (Wildman–Crippen MR) is 152 cm³/mol. The number of nitrogens with zero attached hydrogens (tertiary/aromatic N) is 1. The van der Waals surface area contributed by atoms with Crippen molar-refractivity contribution >= 4 is 29.4 Å². The molecule has 2 aromatic carbocycles. The molecular weight excluding hydrogens is 540 g/mol. The van der Waals surface area contributed by atoms with Gasteiger partial charge in [-0.3, -0.25) is 4.90 Å². The molecule has 0 radical (unpaired) electrons. The summed E-state index contributed by atoms with van der Waals surface area (Å²) in [7, 11) is 1.79. The van der Waals surface area contributed by atoms with Gasteiger partial charge < -0.3 is 20.3 Å². The van der Waals surface area contributed by atoms with Crippen LogP contribution < -0.4 is 10.1 Å². The molecule has 4 atom stereocenters. The van der Waals surface area contributed by atoms with E-state index in [1.54, 1.807) is 13.2 Å². The van der Waals surface area contributed by atoms with Gasteiger partial charge in [0, 0.05) is 35.5 Å². The van der Waals surface area contributed by atoms with E-state index in [0.717, 1.165) is 42.5 Å². The molecule has 0 spiro atoms. The van der Waals surface area contributed by atoms with Gasteiger partial charge in [-0.15, -0.1) is 29.4 Å². The van der Waals surface area contributed by atoms with Gasteiger partial charge in [0.05, 0.1) is 7.11 Å². The Morgan fingerprint density at radius 2 is 1.61 bits per heavy atom. The van der Waals surface area contributed by atoms with E-state index in [1.807, 2.05) is 6.07 Å². The number of aromatic hydroxyl groups is 2. The second-order valence-corrected chi connectivity index (χ2v) is 10.9. The number of halogens is 2. The fourth-order valence-corrected chi connectivity index (χ4v) is 7.40. The fraction of sp³-hybridized carbons (Fsp3) is 0.586. The maximum Gasteiger partial charge on any atom is 0.160 e. The summed E-state index contributed by atoms with van der Waals surface area (Å²) in [5.74, 6) is 2.57. The summed E-state index contributed by atoms with van der Waals surface area (Å²) in [5.41, 5.74) is 6.54. The molecule has 36 heavy (non-hydrogen) atoms. The summed E-state index contributed by atoms with van der Waals surface area (Å²) >= 11 is 0. The lowest BCUT2D eigenvalue weighted by Gasteiger charge is -2.33. The van der Waals surface area contributed by atoms with Crippen LogP contribution in [0.15, 0.2) is 24.3 Å². The standard InChI is InChI=1S/C15H19NO2.C14H19NO.BrH.ClH/c17-14-6-4-10-11-7-8-16(9-1-2-9)13(11)5-3-12(10)15(14)18;1-9-3-4-10-11-7-8-15-13(11)6-5-12(10)14(9)16-2;;/h4,6,9,11,13,17-18H,1-3,5,7-8H2;3-4,11,13,15H,5-8H2,1-2H3;2*1H/t2*11-,13-;;/m00../s1. The van der Waals surface area contributed by atoms with Crippen molar-refractivity contribution in [2.24, 2.45) is 0 Å². The molecule has 0 bridgehead atoms. The molecule has 2 aromatic rings. The summed E-state index contributed by atoms with van der Waals surface area (Å²) in [5, 5.41) is 23.2. The van der Waals surface area contributed by atoms with Crippen LogP contribution in [-0.4, -0.2) is 53.4 Å².